The van der Waals surface area contributed by atoms with Gasteiger partial charge in [0.1, 0.15) is 10.8 Å². The van der Waals surface area contributed by atoms with Crippen molar-refractivity contribution >= 4 is 22.5 Å². The van der Waals surface area contributed by atoms with Crippen molar-refractivity contribution < 1.29 is 9.53 Å². The van der Waals surface area contributed by atoms with Gasteiger partial charge in [0.2, 0.25) is 5.13 Å². The maximum atomic E-state index is 12.6. The SMILES string of the molecule is COc1ccc(C2(NC(=O)Nc3nnc(C4CC4)s3)CCCC2)cc1. The van der Waals surface area contributed by atoms with Crippen LogP contribution in [0.1, 0.15) is 55.0 Å². The zero-order valence-corrected chi connectivity index (χ0v) is 15.1. The molecular formula is C18H22N4O2S. The molecular weight excluding hydrogens is 336 g/mol. The lowest BCUT2D eigenvalue weighted by Gasteiger charge is -2.31. The van der Waals surface area contributed by atoms with Gasteiger partial charge < -0.3 is 10.1 Å². The third kappa shape index (κ3) is 3.46. The van der Waals surface area contributed by atoms with Crippen LogP contribution in [0, 0.1) is 0 Å². The number of aromatic nitrogens is 2. The highest BCUT2D eigenvalue weighted by Crippen LogP contribution is 2.42. The van der Waals surface area contributed by atoms with Crippen LogP contribution in [0.25, 0.3) is 0 Å². The highest BCUT2D eigenvalue weighted by Gasteiger charge is 2.37. The van der Waals surface area contributed by atoms with Crippen molar-refractivity contribution in [2.45, 2.75) is 50.0 Å². The van der Waals surface area contributed by atoms with Gasteiger partial charge in [0, 0.05) is 5.92 Å². The second kappa shape index (κ2) is 6.63. The van der Waals surface area contributed by atoms with Crippen LogP contribution in [0.15, 0.2) is 24.3 Å². The average molecular weight is 358 g/mol. The molecule has 1 heterocycles. The Labute approximate surface area is 151 Å². The molecule has 132 valence electrons. The minimum Gasteiger partial charge on any atom is -0.497 e. The van der Waals surface area contributed by atoms with Crippen molar-refractivity contribution in [3.05, 3.63) is 34.8 Å². The fourth-order valence-corrected chi connectivity index (χ4v) is 4.41. The molecule has 0 aliphatic heterocycles. The molecule has 0 spiro atoms. The predicted molar refractivity (Wildman–Crippen MR) is 97.2 cm³/mol. The molecule has 25 heavy (non-hydrogen) atoms. The lowest BCUT2D eigenvalue weighted by atomic mass is 9.88. The number of benzene rings is 1. The standard InChI is InChI=1S/C18H22N4O2S/c1-24-14-8-6-13(7-9-14)18(10-2-3-11-18)20-16(23)19-17-22-21-15(25-17)12-4-5-12/h6-9,12H,2-5,10-11H2,1H3,(H2,19,20,22,23). The van der Waals surface area contributed by atoms with Gasteiger partial charge in [-0.05, 0) is 43.4 Å². The van der Waals surface area contributed by atoms with Gasteiger partial charge in [-0.2, -0.15) is 0 Å². The van der Waals surface area contributed by atoms with E-state index in [0.717, 1.165) is 42.0 Å². The summed E-state index contributed by atoms with van der Waals surface area (Å²) in [5, 5.41) is 15.9. The molecule has 0 bridgehead atoms. The molecule has 0 atom stereocenters. The number of nitrogens with zero attached hydrogens (tertiary/aromatic N) is 2. The molecule has 2 fully saturated rings. The second-order valence-electron chi connectivity index (χ2n) is 6.82. The minimum absolute atomic E-state index is 0.212. The van der Waals surface area contributed by atoms with E-state index in [4.69, 9.17) is 4.74 Å². The monoisotopic (exact) mass is 358 g/mol. The first-order chi connectivity index (χ1) is 12.2. The van der Waals surface area contributed by atoms with E-state index in [9.17, 15) is 4.79 Å². The van der Waals surface area contributed by atoms with E-state index in [1.165, 1.54) is 24.2 Å². The van der Waals surface area contributed by atoms with Crippen molar-refractivity contribution in [3.63, 3.8) is 0 Å². The van der Waals surface area contributed by atoms with Gasteiger partial charge in [-0.1, -0.05) is 36.3 Å². The molecule has 1 aromatic heterocycles. The van der Waals surface area contributed by atoms with E-state index in [1.54, 1.807) is 7.11 Å². The predicted octanol–water partition coefficient (Wildman–Crippen LogP) is 4.02. The Morgan fingerprint density at radius 3 is 2.56 bits per heavy atom. The molecule has 7 heteroatoms. The zero-order valence-electron chi connectivity index (χ0n) is 14.2. The molecule has 4 rings (SSSR count). The number of amides is 2. The quantitative estimate of drug-likeness (QED) is 0.846. The van der Waals surface area contributed by atoms with Crippen molar-refractivity contribution in [3.8, 4) is 5.75 Å². The number of urea groups is 1. The molecule has 2 aliphatic carbocycles. The van der Waals surface area contributed by atoms with Crippen LogP contribution < -0.4 is 15.4 Å². The lowest BCUT2D eigenvalue weighted by molar-refractivity contribution is 0.236. The molecule has 2 amide bonds. The van der Waals surface area contributed by atoms with Crippen molar-refractivity contribution in [1.82, 2.24) is 15.5 Å². The first-order valence-corrected chi connectivity index (χ1v) is 9.57. The van der Waals surface area contributed by atoms with E-state index in [2.05, 4.69) is 20.8 Å². The molecule has 2 N–H and O–H groups in total. The van der Waals surface area contributed by atoms with Crippen molar-refractivity contribution in [2.24, 2.45) is 0 Å². The number of carbonyl (C=O) groups excluding carboxylic acids is 1. The van der Waals surface area contributed by atoms with Gasteiger partial charge >= 0.3 is 6.03 Å². The number of ether oxygens (including phenoxy) is 1. The number of methoxy groups -OCH3 is 1. The third-order valence-corrected chi connectivity index (χ3v) is 6.04. The molecule has 2 aromatic rings. The van der Waals surface area contributed by atoms with Gasteiger partial charge in [0.15, 0.2) is 0 Å². The molecule has 0 radical (unpaired) electrons. The number of hydrogen-bond acceptors (Lipinski definition) is 5. The third-order valence-electron chi connectivity index (χ3n) is 5.04. The summed E-state index contributed by atoms with van der Waals surface area (Å²) in [5.74, 6) is 1.37. The molecule has 0 saturated heterocycles. The fraction of sp³-hybridized carbons (Fsp3) is 0.500. The second-order valence-corrected chi connectivity index (χ2v) is 7.83. The van der Waals surface area contributed by atoms with Gasteiger partial charge in [-0.15, -0.1) is 10.2 Å². The largest absolute Gasteiger partial charge is 0.497 e. The first kappa shape index (κ1) is 16.3. The Balaban J connectivity index is 1.47. The van der Waals surface area contributed by atoms with Crippen LogP contribution in [-0.2, 0) is 5.54 Å². The Hall–Kier alpha value is -2.15. The summed E-state index contributed by atoms with van der Waals surface area (Å²) >= 11 is 1.48. The number of anilines is 1. The van der Waals surface area contributed by atoms with E-state index in [0.29, 0.717) is 11.0 Å². The maximum absolute atomic E-state index is 12.6. The van der Waals surface area contributed by atoms with Crippen LogP contribution in [0.3, 0.4) is 0 Å². The summed E-state index contributed by atoms with van der Waals surface area (Å²) in [5.41, 5.74) is 0.803. The fourth-order valence-electron chi connectivity index (χ4n) is 3.50. The number of rotatable bonds is 5. The highest BCUT2D eigenvalue weighted by molar-refractivity contribution is 7.15. The Morgan fingerprint density at radius 2 is 1.92 bits per heavy atom. The molecule has 1 aromatic carbocycles. The van der Waals surface area contributed by atoms with Crippen LogP contribution in [0.2, 0.25) is 0 Å². The van der Waals surface area contributed by atoms with E-state index >= 15 is 0 Å². The summed E-state index contributed by atoms with van der Waals surface area (Å²) in [6.07, 6.45) is 6.46. The maximum Gasteiger partial charge on any atom is 0.321 e. The first-order valence-electron chi connectivity index (χ1n) is 8.76. The van der Waals surface area contributed by atoms with Gasteiger partial charge in [-0.25, -0.2) is 4.79 Å². The van der Waals surface area contributed by atoms with E-state index in [1.807, 2.05) is 24.3 Å². The van der Waals surface area contributed by atoms with Gasteiger partial charge in [-0.3, -0.25) is 5.32 Å². The van der Waals surface area contributed by atoms with Crippen LogP contribution in [0.4, 0.5) is 9.93 Å². The summed E-state index contributed by atoms with van der Waals surface area (Å²) in [6, 6.07) is 7.76. The summed E-state index contributed by atoms with van der Waals surface area (Å²) in [6.45, 7) is 0. The average Bonchev–Trinajstić information content (AvgIpc) is 3.20. The van der Waals surface area contributed by atoms with Crippen molar-refractivity contribution in [2.75, 3.05) is 12.4 Å². The Bertz CT molecular complexity index is 749. The summed E-state index contributed by atoms with van der Waals surface area (Å²) < 4.78 is 5.24. The van der Waals surface area contributed by atoms with Crippen LogP contribution >= 0.6 is 11.3 Å². The van der Waals surface area contributed by atoms with Crippen LogP contribution in [0.5, 0.6) is 5.75 Å². The van der Waals surface area contributed by atoms with Gasteiger partial charge in [0.05, 0.1) is 12.6 Å². The Morgan fingerprint density at radius 1 is 1.20 bits per heavy atom. The van der Waals surface area contributed by atoms with E-state index < -0.39 is 0 Å². The zero-order chi connectivity index (χ0) is 17.3. The number of nitrogens with one attached hydrogen (secondary N) is 2. The molecule has 6 nitrogen and oxygen atoms in total. The highest BCUT2D eigenvalue weighted by atomic mass is 32.1. The van der Waals surface area contributed by atoms with E-state index in [-0.39, 0.29) is 11.6 Å². The number of carbonyl (C=O) groups is 1. The molecule has 0 unspecified atom stereocenters. The summed E-state index contributed by atoms with van der Waals surface area (Å²) in [7, 11) is 1.66. The minimum atomic E-state index is -0.319. The van der Waals surface area contributed by atoms with Crippen molar-refractivity contribution in [1.29, 1.82) is 0 Å². The Kier molecular flexibility index (Phi) is 4.33. The normalized spacial score (nSPS) is 18.8. The lowest BCUT2D eigenvalue weighted by Crippen LogP contribution is -2.45. The topological polar surface area (TPSA) is 76.1 Å². The molecule has 2 saturated carbocycles. The summed E-state index contributed by atoms with van der Waals surface area (Å²) in [4.78, 5) is 12.6. The van der Waals surface area contributed by atoms with Crippen LogP contribution in [-0.4, -0.2) is 23.3 Å². The van der Waals surface area contributed by atoms with Gasteiger partial charge in [0.25, 0.3) is 0 Å². The number of hydrogen-bond donors (Lipinski definition) is 2. The smallest absolute Gasteiger partial charge is 0.321 e. The molecule has 2 aliphatic rings.